The van der Waals surface area contributed by atoms with Crippen LogP contribution >= 0.6 is 0 Å². The lowest BCUT2D eigenvalue weighted by Crippen LogP contribution is -2.16. The van der Waals surface area contributed by atoms with Gasteiger partial charge in [0.1, 0.15) is 0 Å². The van der Waals surface area contributed by atoms with Crippen LogP contribution in [0.15, 0.2) is 16.8 Å². The third kappa shape index (κ3) is 2.23. The number of aromatic nitrogens is 4. The van der Waals surface area contributed by atoms with Gasteiger partial charge in [-0.05, 0) is 19.8 Å². The first-order chi connectivity index (χ1) is 8.76. The van der Waals surface area contributed by atoms with Crippen molar-refractivity contribution in [3.05, 3.63) is 23.8 Å². The van der Waals surface area contributed by atoms with Gasteiger partial charge in [-0.1, -0.05) is 5.10 Å². The third-order valence-corrected chi connectivity index (χ3v) is 3.11. The molecule has 0 bridgehead atoms. The zero-order valence-electron chi connectivity index (χ0n) is 10.7. The number of hydrogen-bond acceptors (Lipinski definition) is 5. The molecule has 2 aromatic rings. The van der Waals surface area contributed by atoms with E-state index in [1.807, 2.05) is 29.0 Å². The molecule has 0 unspecified atom stereocenters. The second-order valence-corrected chi connectivity index (χ2v) is 4.76. The van der Waals surface area contributed by atoms with Crippen molar-refractivity contribution in [2.24, 2.45) is 0 Å². The van der Waals surface area contributed by atoms with Crippen LogP contribution in [0.3, 0.4) is 0 Å². The maximum atomic E-state index is 5.65. The quantitative estimate of drug-likeness (QED) is 0.806. The Labute approximate surface area is 106 Å². The van der Waals surface area contributed by atoms with E-state index in [4.69, 9.17) is 4.42 Å². The predicted octanol–water partition coefficient (Wildman–Crippen LogP) is 1.80. The van der Waals surface area contributed by atoms with E-state index in [0.29, 0.717) is 11.9 Å². The molecule has 0 amide bonds. The van der Waals surface area contributed by atoms with Crippen LogP contribution in [0.4, 0.5) is 6.01 Å². The van der Waals surface area contributed by atoms with Crippen molar-refractivity contribution in [2.45, 2.75) is 38.8 Å². The fraction of sp³-hybridized carbons (Fsp3) is 0.583. The zero-order chi connectivity index (χ0) is 12.5. The van der Waals surface area contributed by atoms with E-state index in [1.165, 1.54) is 12.8 Å². The minimum Gasteiger partial charge on any atom is -0.408 e. The molecule has 0 N–H and O–H groups in total. The molecule has 0 aromatic carbocycles. The van der Waals surface area contributed by atoms with Crippen molar-refractivity contribution >= 4 is 6.01 Å². The zero-order valence-corrected chi connectivity index (χ0v) is 10.7. The summed E-state index contributed by atoms with van der Waals surface area (Å²) in [5.41, 5.74) is 1.14. The smallest absolute Gasteiger partial charge is 0.318 e. The van der Waals surface area contributed by atoms with Gasteiger partial charge in [-0.2, -0.15) is 5.10 Å². The molecule has 6 nitrogen and oxygen atoms in total. The molecule has 1 aliphatic rings. The molecule has 6 heteroatoms. The average Bonchev–Trinajstić information content (AvgIpc) is 2.93. The van der Waals surface area contributed by atoms with Gasteiger partial charge in [0.2, 0.25) is 5.89 Å². The van der Waals surface area contributed by atoms with Crippen LogP contribution < -0.4 is 4.90 Å². The van der Waals surface area contributed by atoms with E-state index in [1.54, 1.807) is 0 Å². The van der Waals surface area contributed by atoms with E-state index < -0.39 is 0 Å². The van der Waals surface area contributed by atoms with Gasteiger partial charge < -0.3 is 9.32 Å². The molecular formula is C12H17N5O. The van der Waals surface area contributed by atoms with Gasteiger partial charge in [0, 0.05) is 31.3 Å². The fourth-order valence-electron chi connectivity index (χ4n) is 1.88. The molecule has 18 heavy (non-hydrogen) atoms. The molecule has 1 aliphatic carbocycles. The van der Waals surface area contributed by atoms with Crippen LogP contribution in [-0.2, 0) is 13.1 Å². The number of anilines is 1. The molecule has 3 rings (SSSR count). The summed E-state index contributed by atoms with van der Waals surface area (Å²) < 4.78 is 7.56. The van der Waals surface area contributed by atoms with E-state index in [9.17, 15) is 0 Å². The second-order valence-electron chi connectivity index (χ2n) is 4.76. The van der Waals surface area contributed by atoms with E-state index >= 15 is 0 Å². The van der Waals surface area contributed by atoms with Gasteiger partial charge in [-0.3, -0.25) is 4.68 Å². The highest BCUT2D eigenvalue weighted by Gasteiger charge is 2.29. The monoisotopic (exact) mass is 247 g/mol. The van der Waals surface area contributed by atoms with Crippen LogP contribution in [0, 0.1) is 0 Å². The molecule has 0 aliphatic heterocycles. The summed E-state index contributed by atoms with van der Waals surface area (Å²) in [6.07, 6.45) is 6.26. The van der Waals surface area contributed by atoms with Crippen molar-refractivity contribution in [3.8, 4) is 0 Å². The first-order valence-corrected chi connectivity index (χ1v) is 6.32. The minimum atomic E-state index is 0.502. The number of nitrogens with zero attached hydrogens (tertiary/aromatic N) is 5. The highest BCUT2D eigenvalue weighted by atomic mass is 16.4. The molecule has 1 saturated carbocycles. The normalized spacial score (nSPS) is 15.0. The third-order valence-electron chi connectivity index (χ3n) is 3.11. The van der Waals surface area contributed by atoms with Crippen LogP contribution in [0.5, 0.6) is 0 Å². The Hall–Kier alpha value is -1.85. The fourth-order valence-corrected chi connectivity index (χ4v) is 1.88. The summed E-state index contributed by atoms with van der Waals surface area (Å²) in [6, 6.07) is 0.584. The van der Waals surface area contributed by atoms with Crippen molar-refractivity contribution in [1.82, 2.24) is 20.0 Å². The molecule has 0 spiro atoms. The number of hydrogen-bond donors (Lipinski definition) is 0. The minimum absolute atomic E-state index is 0.502. The topological polar surface area (TPSA) is 60.0 Å². The average molecular weight is 247 g/mol. The maximum Gasteiger partial charge on any atom is 0.318 e. The molecule has 0 radical (unpaired) electrons. The summed E-state index contributed by atoms with van der Waals surface area (Å²) in [5, 5.41) is 12.4. The molecule has 0 saturated heterocycles. The molecule has 2 heterocycles. The Morgan fingerprint density at radius 1 is 1.44 bits per heavy atom. The lowest BCUT2D eigenvalue weighted by Gasteiger charge is -2.11. The molecule has 2 aromatic heterocycles. The van der Waals surface area contributed by atoms with Crippen LogP contribution in [0.2, 0.25) is 0 Å². The number of rotatable bonds is 5. The molecule has 0 atom stereocenters. The SMILES string of the molecule is CCn1cc(CN(C)c2nnc(C3CC3)o2)cn1. The van der Waals surface area contributed by atoms with Gasteiger partial charge in [0.05, 0.1) is 12.7 Å². The summed E-state index contributed by atoms with van der Waals surface area (Å²) >= 11 is 0. The Kier molecular flexibility index (Phi) is 2.77. The second kappa shape index (κ2) is 4.44. The molecule has 1 fully saturated rings. The first kappa shape index (κ1) is 11.3. The lowest BCUT2D eigenvalue weighted by molar-refractivity contribution is 0.490. The number of aryl methyl sites for hydroxylation is 1. The largest absolute Gasteiger partial charge is 0.408 e. The van der Waals surface area contributed by atoms with Gasteiger partial charge in [0.25, 0.3) is 0 Å². The van der Waals surface area contributed by atoms with Gasteiger partial charge in [-0.25, -0.2) is 0 Å². The molecule has 96 valence electrons. The summed E-state index contributed by atoms with van der Waals surface area (Å²) in [5.74, 6) is 1.28. The van der Waals surface area contributed by atoms with Crippen molar-refractivity contribution in [3.63, 3.8) is 0 Å². The Balaban J connectivity index is 1.67. The van der Waals surface area contributed by atoms with Crippen LogP contribution in [0.1, 0.15) is 37.1 Å². The summed E-state index contributed by atoms with van der Waals surface area (Å²) in [4.78, 5) is 1.95. The summed E-state index contributed by atoms with van der Waals surface area (Å²) in [7, 11) is 1.95. The highest BCUT2D eigenvalue weighted by Crippen LogP contribution is 2.39. The Morgan fingerprint density at radius 3 is 2.94 bits per heavy atom. The lowest BCUT2D eigenvalue weighted by atomic mass is 10.3. The van der Waals surface area contributed by atoms with E-state index in [2.05, 4.69) is 22.2 Å². The first-order valence-electron chi connectivity index (χ1n) is 6.32. The van der Waals surface area contributed by atoms with Gasteiger partial charge in [-0.15, -0.1) is 5.10 Å². The highest BCUT2D eigenvalue weighted by molar-refractivity contribution is 5.25. The van der Waals surface area contributed by atoms with Gasteiger partial charge in [0.15, 0.2) is 0 Å². The van der Waals surface area contributed by atoms with E-state index in [-0.39, 0.29) is 0 Å². The van der Waals surface area contributed by atoms with Crippen LogP contribution in [-0.4, -0.2) is 27.0 Å². The summed E-state index contributed by atoms with van der Waals surface area (Å²) in [6.45, 7) is 3.68. The van der Waals surface area contributed by atoms with Crippen molar-refractivity contribution < 1.29 is 4.42 Å². The Morgan fingerprint density at radius 2 is 2.28 bits per heavy atom. The van der Waals surface area contributed by atoms with Crippen molar-refractivity contribution in [1.29, 1.82) is 0 Å². The van der Waals surface area contributed by atoms with Gasteiger partial charge >= 0.3 is 6.01 Å². The van der Waals surface area contributed by atoms with Crippen LogP contribution in [0.25, 0.3) is 0 Å². The standard InChI is InChI=1S/C12H17N5O/c1-3-17-8-9(6-13-17)7-16(2)12-15-14-11(18-12)10-4-5-10/h6,8,10H,3-5,7H2,1-2H3. The Bertz CT molecular complexity index is 528. The van der Waals surface area contributed by atoms with Crippen molar-refractivity contribution in [2.75, 3.05) is 11.9 Å². The predicted molar refractivity (Wildman–Crippen MR) is 66.3 cm³/mol. The maximum absolute atomic E-state index is 5.65. The molecular weight excluding hydrogens is 230 g/mol. The van der Waals surface area contributed by atoms with E-state index in [0.717, 1.165) is 24.5 Å².